The monoisotopic (exact) mass is 350 g/mol. The van der Waals surface area contributed by atoms with Crippen molar-refractivity contribution in [2.75, 3.05) is 0 Å². The van der Waals surface area contributed by atoms with Gasteiger partial charge in [0.15, 0.2) is 5.78 Å². The summed E-state index contributed by atoms with van der Waals surface area (Å²) in [5.41, 5.74) is 0.604. The van der Waals surface area contributed by atoms with E-state index in [0.717, 1.165) is 9.35 Å². The van der Waals surface area contributed by atoms with Gasteiger partial charge in [0.05, 0.1) is 0 Å². The van der Waals surface area contributed by atoms with E-state index in [1.54, 1.807) is 30.3 Å². The number of halogens is 1. The first-order valence-electron chi connectivity index (χ1n) is 5.82. The predicted molar refractivity (Wildman–Crippen MR) is 83.0 cm³/mol. The van der Waals surface area contributed by atoms with Gasteiger partial charge in [0.2, 0.25) is 0 Å². The van der Waals surface area contributed by atoms with E-state index in [1.807, 2.05) is 17.5 Å². The fraction of sp³-hybridized carbons (Fsp3) is 0.0667. The molecule has 0 aliphatic carbocycles. The Bertz CT molecular complexity index is 642. The third-order valence-electron chi connectivity index (χ3n) is 2.65. The molecule has 2 rings (SSSR count). The number of hydrogen-bond acceptors (Lipinski definition) is 3. The Morgan fingerprint density at radius 2 is 1.90 bits per heavy atom. The molecule has 1 heterocycles. The number of thiophene rings is 1. The van der Waals surface area contributed by atoms with Gasteiger partial charge < -0.3 is 5.11 Å². The Balaban J connectivity index is 2.18. The molecule has 1 aromatic heterocycles. The second-order valence-corrected chi connectivity index (χ2v) is 5.99. The lowest BCUT2D eigenvalue weighted by molar-refractivity contribution is -0.132. The molecule has 1 aromatic carbocycles. The van der Waals surface area contributed by atoms with Gasteiger partial charge in [0.1, 0.15) is 0 Å². The van der Waals surface area contributed by atoms with E-state index in [-0.39, 0.29) is 17.8 Å². The first-order chi connectivity index (χ1) is 9.56. The number of aliphatic carboxylic acids is 1. The zero-order chi connectivity index (χ0) is 14.5. The maximum absolute atomic E-state index is 12.1. The molecule has 5 heteroatoms. The first kappa shape index (κ1) is 14.7. The number of carbonyl (C=O) groups excluding carboxylic acids is 1. The summed E-state index contributed by atoms with van der Waals surface area (Å²) in [5, 5.41) is 11.1. The Labute approximate surface area is 128 Å². The van der Waals surface area contributed by atoms with Crippen molar-refractivity contribution in [1.29, 1.82) is 0 Å². The SMILES string of the molecule is O=C(O)C(=Cc1cccs1)CC(=O)c1ccc(Br)cc1. The van der Waals surface area contributed by atoms with Crippen molar-refractivity contribution in [2.24, 2.45) is 0 Å². The second-order valence-electron chi connectivity index (χ2n) is 4.10. The van der Waals surface area contributed by atoms with E-state index in [9.17, 15) is 14.7 Å². The number of carbonyl (C=O) groups is 2. The van der Waals surface area contributed by atoms with E-state index in [0.29, 0.717) is 5.56 Å². The van der Waals surface area contributed by atoms with Crippen molar-refractivity contribution in [3.8, 4) is 0 Å². The molecule has 0 amide bonds. The first-order valence-corrected chi connectivity index (χ1v) is 7.49. The maximum Gasteiger partial charge on any atom is 0.332 e. The summed E-state index contributed by atoms with van der Waals surface area (Å²) in [6.07, 6.45) is 1.43. The Morgan fingerprint density at radius 1 is 1.20 bits per heavy atom. The molecular weight excluding hydrogens is 340 g/mol. The van der Waals surface area contributed by atoms with Crippen LogP contribution >= 0.6 is 27.3 Å². The van der Waals surface area contributed by atoms with Crippen LogP contribution in [0.2, 0.25) is 0 Å². The summed E-state index contributed by atoms with van der Waals surface area (Å²) < 4.78 is 0.877. The van der Waals surface area contributed by atoms with E-state index in [2.05, 4.69) is 15.9 Å². The summed E-state index contributed by atoms with van der Waals surface area (Å²) in [7, 11) is 0. The lowest BCUT2D eigenvalue weighted by atomic mass is 10.0. The minimum absolute atomic E-state index is 0.0976. The molecule has 1 N–H and O–H groups in total. The van der Waals surface area contributed by atoms with Crippen molar-refractivity contribution in [1.82, 2.24) is 0 Å². The highest BCUT2D eigenvalue weighted by Gasteiger charge is 2.14. The lowest BCUT2D eigenvalue weighted by Crippen LogP contribution is -2.07. The zero-order valence-corrected chi connectivity index (χ0v) is 12.8. The number of ketones is 1. The molecule has 0 saturated heterocycles. The van der Waals surface area contributed by atoms with Crippen LogP contribution in [0.1, 0.15) is 21.7 Å². The molecule has 3 nitrogen and oxygen atoms in total. The van der Waals surface area contributed by atoms with Crippen LogP contribution in [0.25, 0.3) is 6.08 Å². The van der Waals surface area contributed by atoms with Crippen LogP contribution in [-0.2, 0) is 4.79 Å². The molecule has 0 aliphatic rings. The standard InChI is InChI=1S/C15H11BrO3S/c16-12-5-3-10(4-6-12)14(17)9-11(15(18)19)8-13-2-1-7-20-13/h1-8H,9H2,(H,18,19). The normalized spacial score (nSPS) is 11.3. The van der Waals surface area contributed by atoms with Gasteiger partial charge in [-0.05, 0) is 29.7 Å². The van der Waals surface area contributed by atoms with Crippen molar-refractivity contribution >= 4 is 45.1 Å². The number of carboxylic acid groups (broad SMARTS) is 1. The zero-order valence-electron chi connectivity index (χ0n) is 10.4. The van der Waals surface area contributed by atoms with Crippen LogP contribution in [0, 0.1) is 0 Å². The molecule has 0 radical (unpaired) electrons. The van der Waals surface area contributed by atoms with Gasteiger partial charge in [-0.2, -0.15) is 0 Å². The van der Waals surface area contributed by atoms with Crippen LogP contribution < -0.4 is 0 Å². The minimum Gasteiger partial charge on any atom is -0.478 e. The van der Waals surface area contributed by atoms with Gasteiger partial charge in [-0.1, -0.05) is 34.1 Å². The molecule has 0 fully saturated rings. The summed E-state index contributed by atoms with van der Waals surface area (Å²) in [5.74, 6) is -1.27. The van der Waals surface area contributed by atoms with Crippen LogP contribution in [0.5, 0.6) is 0 Å². The van der Waals surface area contributed by atoms with Gasteiger partial charge in [0.25, 0.3) is 0 Å². The fourth-order valence-electron chi connectivity index (χ4n) is 1.64. The van der Waals surface area contributed by atoms with E-state index in [4.69, 9.17) is 0 Å². The molecule has 0 atom stereocenters. The summed E-state index contributed by atoms with van der Waals surface area (Å²) in [6.45, 7) is 0. The van der Waals surface area contributed by atoms with Gasteiger partial charge >= 0.3 is 5.97 Å². The molecule has 2 aromatic rings. The summed E-state index contributed by atoms with van der Waals surface area (Å²) >= 11 is 4.73. The highest BCUT2D eigenvalue weighted by Crippen LogP contribution is 2.18. The average molecular weight is 351 g/mol. The number of Topliss-reactive ketones (excluding diaryl/α,β-unsaturated/α-hetero) is 1. The molecule has 102 valence electrons. The quantitative estimate of drug-likeness (QED) is 0.647. The van der Waals surface area contributed by atoms with Crippen molar-refractivity contribution in [3.63, 3.8) is 0 Å². The molecule has 0 spiro atoms. The molecule has 20 heavy (non-hydrogen) atoms. The van der Waals surface area contributed by atoms with Gasteiger partial charge in [0, 0.05) is 26.9 Å². The van der Waals surface area contributed by atoms with E-state index in [1.165, 1.54) is 11.3 Å². The van der Waals surface area contributed by atoms with Crippen molar-refractivity contribution in [3.05, 3.63) is 62.3 Å². The van der Waals surface area contributed by atoms with Crippen molar-refractivity contribution < 1.29 is 14.7 Å². The van der Waals surface area contributed by atoms with E-state index >= 15 is 0 Å². The second kappa shape index (κ2) is 6.63. The number of carboxylic acids is 1. The molecule has 0 bridgehead atoms. The summed E-state index contributed by atoms with van der Waals surface area (Å²) in [4.78, 5) is 24.1. The Hall–Kier alpha value is -1.72. The third-order valence-corrected chi connectivity index (χ3v) is 4.00. The topological polar surface area (TPSA) is 54.4 Å². The average Bonchev–Trinajstić information content (AvgIpc) is 2.91. The van der Waals surface area contributed by atoms with E-state index < -0.39 is 5.97 Å². The Kier molecular flexibility index (Phi) is 4.87. The number of hydrogen-bond donors (Lipinski definition) is 1. The van der Waals surface area contributed by atoms with Crippen LogP contribution in [0.15, 0.2) is 51.8 Å². The van der Waals surface area contributed by atoms with Crippen LogP contribution in [-0.4, -0.2) is 16.9 Å². The molecule has 0 saturated carbocycles. The highest BCUT2D eigenvalue weighted by molar-refractivity contribution is 9.10. The fourth-order valence-corrected chi connectivity index (χ4v) is 2.59. The predicted octanol–water partition coefficient (Wildman–Crippen LogP) is 4.25. The number of benzene rings is 1. The van der Waals surface area contributed by atoms with Gasteiger partial charge in [-0.3, -0.25) is 4.79 Å². The Morgan fingerprint density at radius 3 is 2.45 bits per heavy atom. The highest BCUT2D eigenvalue weighted by atomic mass is 79.9. The molecule has 0 aliphatic heterocycles. The van der Waals surface area contributed by atoms with Crippen molar-refractivity contribution in [2.45, 2.75) is 6.42 Å². The minimum atomic E-state index is -1.07. The van der Waals surface area contributed by atoms with Gasteiger partial charge in [-0.15, -0.1) is 11.3 Å². The van der Waals surface area contributed by atoms with Gasteiger partial charge in [-0.25, -0.2) is 4.79 Å². The smallest absolute Gasteiger partial charge is 0.332 e. The number of rotatable bonds is 5. The van der Waals surface area contributed by atoms with Crippen LogP contribution in [0.3, 0.4) is 0 Å². The largest absolute Gasteiger partial charge is 0.478 e. The maximum atomic E-state index is 12.1. The molecule has 0 unspecified atom stereocenters. The lowest BCUT2D eigenvalue weighted by Gasteiger charge is -2.03. The third kappa shape index (κ3) is 3.88. The van der Waals surface area contributed by atoms with Crippen LogP contribution in [0.4, 0.5) is 0 Å². The summed E-state index contributed by atoms with van der Waals surface area (Å²) in [6, 6.07) is 10.5. The molecular formula is C15H11BrO3S.